The monoisotopic (exact) mass is 190 g/mol. The Morgan fingerprint density at radius 1 is 1.00 bits per heavy atom. The molecule has 60 valence electrons. The average Bonchev–Trinajstić information content (AvgIpc) is 1.58. The maximum Gasteiger partial charge on any atom is 0.520 e. The van der Waals surface area contributed by atoms with Crippen molar-refractivity contribution in [2.75, 3.05) is 0 Å². The minimum Gasteiger partial charge on any atom is -0.361 e. The standard InChI is InChI=1S/CH4O7P2/c2-1(7-9(3)4)8-10(5)6/h3-6H. The van der Waals surface area contributed by atoms with Gasteiger partial charge in [-0.15, -0.1) is 0 Å². The Bertz CT molecular complexity index is 98.2. The van der Waals surface area contributed by atoms with Gasteiger partial charge in [-0.1, -0.05) is 0 Å². The Morgan fingerprint density at radius 3 is 1.50 bits per heavy atom. The van der Waals surface area contributed by atoms with Crippen LogP contribution in [-0.4, -0.2) is 25.7 Å². The summed E-state index contributed by atoms with van der Waals surface area (Å²) in [4.78, 5) is 41.9. The highest BCUT2D eigenvalue weighted by molar-refractivity contribution is 7.41. The molecule has 0 radical (unpaired) electrons. The minimum atomic E-state index is -2.86. The van der Waals surface area contributed by atoms with Gasteiger partial charge in [0.05, 0.1) is 0 Å². The number of hydrogen-bond acceptors (Lipinski definition) is 7. The maximum absolute atomic E-state index is 10.0. The molecule has 0 aliphatic carbocycles. The fraction of sp³-hybridized carbons (Fsp3) is 0. The van der Waals surface area contributed by atoms with Crippen LogP contribution in [0, 0.1) is 0 Å². The van der Waals surface area contributed by atoms with Crippen LogP contribution in [0.2, 0.25) is 0 Å². The molecule has 0 unspecified atom stereocenters. The predicted molar refractivity (Wildman–Crippen MR) is 30.3 cm³/mol. The smallest absolute Gasteiger partial charge is 0.361 e. The number of hydrogen-bond donors (Lipinski definition) is 4. The first-order chi connectivity index (χ1) is 4.52. The lowest BCUT2D eigenvalue weighted by Crippen LogP contribution is -1.99. The topological polar surface area (TPSA) is 116 Å². The first kappa shape index (κ1) is 9.97. The van der Waals surface area contributed by atoms with Crippen molar-refractivity contribution in [3.63, 3.8) is 0 Å². The summed E-state index contributed by atoms with van der Waals surface area (Å²) in [6.45, 7) is 0. The molecular formula is CH4O7P2. The molecule has 0 aliphatic rings. The van der Waals surface area contributed by atoms with Crippen molar-refractivity contribution >= 4 is 23.4 Å². The number of carbonyl (C=O) groups is 1. The molecule has 0 rings (SSSR count). The van der Waals surface area contributed by atoms with Gasteiger partial charge in [0.1, 0.15) is 0 Å². The predicted octanol–water partition coefficient (Wildman–Crippen LogP) is -0.437. The summed E-state index contributed by atoms with van der Waals surface area (Å²) < 4.78 is 7.14. The Morgan fingerprint density at radius 2 is 1.30 bits per heavy atom. The van der Waals surface area contributed by atoms with Crippen molar-refractivity contribution in [3.8, 4) is 0 Å². The molecule has 0 bridgehead atoms. The van der Waals surface area contributed by atoms with Gasteiger partial charge in [0, 0.05) is 0 Å². The van der Waals surface area contributed by atoms with Crippen LogP contribution in [0.25, 0.3) is 0 Å². The summed E-state index contributed by atoms with van der Waals surface area (Å²) in [7, 11) is -5.71. The summed E-state index contributed by atoms with van der Waals surface area (Å²) in [5, 5.41) is 0. The molecular weight excluding hydrogens is 186 g/mol. The van der Waals surface area contributed by atoms with E-state index in [9.17, 15) is 4.79 Å². The molecule has 0 saturated heterocycles. The van der Waals surface area contributed by atoms with E-state index in [1.807, 2.05) is 0 Å². The van der Waals surface area contributed by atoms with Gasteiger partial charge in [0.25, 0.3) is 0 Å². The quantitative estimate of drug-likeness (QED) is 0.436. The lowest BCUT2D eigenvalue weighted by atomic mass is 11.5. The van der Waals surface area contributed by atoms with E-state index in [1.165, 1.54) is 0 Å². The highest BCUT2D eigenvalue weighted by atomic mass is 31.2. The molecule has 0 amide bonds. The zero-order valence-corrected chi connectivity index (χ0v) is 6.20. The van der Waals surface area contributed by atoms with E-state index in [2.05, 4.69) is 9.05 Å². The second-order valence-electron chi connectivity index (χ2n) is 0.938. The van der Waals surface area contributed by atoms with Crippen LogP contribution < -0.4 is 0 Å². The van der Waals surface area contributed by atoms with Crippen LogP contribution >= 0.6 is 17.2 Å². The maximum atomic E-state index is 10.0. The first-order valence-electron chi connectivity index (χ1n) is 1.78. The van der Waals surface area contributed by atoms with Gasteiger partial charge in [-0.05, 0) is 0 Å². The summed E-state index contributed by atoms with van der Waals surface area (Å²) in [6.07, 6.45) is -1.53. The SMILES string of the molecule is O=C(OP(O)O)OP(O)O. The third kappa shape index (κ3) is 6.10. The third-order valence-electron chi connectivity index (χ3n) is 0.312. The van der Waals surface area contributed by atoms with Gasteiger partial charge in [-0.3, -0.25) is 0 Å². The van der Waals surface area contributed by atoms with E-state index >= 15 is 0 Å². The minimum absolute atomic E-state index is 1.53. The second-order valence-corrected chi connectivity index (χ2v) is 2.31. The molecule has 4 N–H and O–H groups in total. The van der Waals surface area contributed by atoms with Gasteiger partial charge in [0.15, 0.2) is 0 Å². The van der Waals surface area contributed by atoms with Crippen LogP contribution in [0.15, 0.2) is 0 Å². The van der Waals surface area contributed by atoms with Gasteiger partial charge < -0.3 is 28.6 Å². The van der Waals surface area contributed by atoms with Crippen LogP contribution in [0.4, 0.5) is 4.79 Å². The molecule has 0 heterocycles. The number of carbonyl (C=O) groups excluding carboxylic acids is 1. The fourth-order valence-corrected chi connectivity index (χ4v) is 0.550. The van der Waals surface area contributed by atoms with Crippen LogP contribution in [-0.2, 0) is 9.05 Å². The van der Waals surface area contributed by atoms with Crippen molar-refractivity contribution < 1.29 is 33.4 Å². The summed E-state index contributed by atoms with van der Waals surface area (Å²) in [6, 6.07) is 0. The lowest BCUT2D eigenvalue weighted by molar-refractivity contribution is 0.139. The Balaban J connectivity index is 3.44. The highest BCUT2D eigenvalue weighted by Crippen LogP contribution is 2.31. The fourth-order valence-electron chi connectivity index (χ4n) is 0.150. The molecule has 10 heavy (non-hydrogen) atoms. The molecule has 0 atom stereocenters. The van der Waals surface area contributed by atoms with Crippen molar-refractivity contribution in [3.05, 3.63) is 0 Å². The molecule has 0 aromatic rings. The molecule has 0 saturated carbocycles. The second kappa shape index (κ2) is 4.73. The summed E-state index contributed by atoms with van der Waals surface area (Å²) in [5.41, 5.74) is 0. The van der Waals surface area contributed by atoms with Crippen LogP contribution in [0.3, 0.4) is 0 Å². The summed E-state index contributed by atoms with van der Waals surface area (Å²) >= 11 is 0. The van der Waals surface area contributed by atoms with Crippen molar-refractivity contribution in [2.45, 2.75) is 0 Å². The zero-order valence-electron chi connectivity index (χ0n) is 4.41. The highest BCUT2D eigenvalue weighted by Gasteiger charge is 2.14. The molecule has 0 aliphatic heterocycles. The van der Waals surface area contributed by atoms with Crippen LogP contribution in [0.1, 0.15) is 0 Å². The molecule has 0 aromatic carbocycles. The molecule has 0 fully saturated rings. The molecule has 7 nitrogen and oxygen atoms in total. The molecule has 0 aromatic heterocycles. The van der Waals surface area contributed by atoms with E-state index in [-0.39, 0.29) is 0 Å². The van der Waals surface area contributed by atoms with Crippen LogP contribution in [0.5, 0.6) is 0 Å². The van der Waals surface area contributed by atoms with E-state index < -0.39 is 23.4 Å². The van der Waals surface area contributed by atoms with E-state index in [0.29, 0.717) is 0 Å². The van der Waals surface area contributed by atoms with E-state index in [0.717, 1.165) is 0 Å². The van der Waals surface area contributed by atoms with Gasteiger partial charge in [-0.2, -0.15) is 0 Å². The number of rotatable bonds is 2. The van der Waals surface area contributed by atoms with Crippen molar-refractivity contribution in [1.82, 2.24) is 0 Å². The summed E-state index contributed by atoms with van der Waals surface area (Å²) in [5.74, 6) is 0. The Labute approximate surface area is 57.8 Å². The lowest BCUT2D eigenvalue weighted by Gasteiger charge is -2.03. The Kier molecular flexibility index (Phi) is 4.72. The third-order valence-corrected chi connectivity index (χ3v) is 0.937. The largest absolute Gasteiger partial charge is 0.520 e. The normalized spacial score (nSPS) is 10.2. The van der Waals surface area contributed by atoms with Gasteiger partial charge in [-0.25, -0.2) is 4.79 Å². The van der Waals surface area contributed by atoms with Crippen molar-refractivity contribution in [2.24, 2.45) is 0 Å². The zero-order chi connectivity index (χ0) is 8.15. The molecule has 9 heteroatoms. The van der Waals surface area contributed by atoms with E-state index in [4.69, 9.17) is 19.6 Å². The van der Waals surface area contributed by atoms with Gasteiger partial charge >= 0.3 is 23.4 Å². The van der Waals surface area contributed by atoms with Gasteiger partial charge in [0.2, 0.25) is 0 Å². The Hall–Kier alpha value is -0.0300. The molecule has 0 spiro atoms. The van der Waals surface area contributed by atoms with Crippen molar-refractivity contribution in [1.29, 1.82) is 0 Å². The first-order valence-corrected chi connectivity index (χ1v) is 4.11. The average molecular weight is 190 g/mol. The van der Waals surface area contributed by atoms with E-state index in [1.54, 1.807) is 0 Å².